The maximum absolute atomic E-state index is 11.6. The predicted molar refractivity (Wildman–Crippen MR) is 138 cm³/mol. The van der Waals surface area contributed by atoms with Gasteiger partial charge in [0.1, 0.15) is 17.7 Å². The molecule has 2 unspecified atom stereocenters. The number of nitrogens with zero attached hydrogens (tertiary/aromatic N) is 5. The minimum atomic E-state index is -0.157. The van der Waals surface area contributed by atoms with Gasteiger partial charge in [-0.25, -0.2) is 4.98 Å². The van der Waals surface area contributed by atoms with E-state index in [2.05, 4.69) is 41.0 Å². The first-order valence-electron chi connectivity index (χ1n) is 12.5. The van der Waals surface area contributed by atoms with Gasteiger partial charge in [-0.2, -0.15) is 0 Å². The van der Waals surface area contributed by atoms with Crippen molar-refractivity contribution in [2.24, 2.45) is 0 Å². The number of anilines is 2. The van der Waals surface area contributed by atoms with E-state index in [1.807, 2.05) is 11.1 Å². The monoisotopic (exact) mass is 477 g/mol. The number of ether oxygens (including phenoxy) is 2. The Balaban J connectivity index is 1.48. The molecule has 2 atom stereocenters. The minimum Gasteiger partial charge on any atom is -0.498 e. The van der Waals surface area contributed by atoms with Crippen molar-refractivity contribution < 1.29 is 14.3 Å². The zero-order valence-electron chi connectivity index (χ0n) is 21.2. The lowest BCUT2D eigenvalue weighted by molar-refractivity contribution is -0.129. The number of pyridine rings is 2. The number of hydrogen-bond donors (Lipinski definition) is 0. The number of amides is 1. The van der Waals surface area contributed by atoms with E-state index in [0.717, 1.165) is 73.4 Å². The first kappa shape index (κ1) is 23.6. The van der Waals surface area contributed by atoms with E-state index in [9.17, 15) is 4.79 Å². The summed E-state index contributed by atoms with van der Waals surface area (Å²) in [5.74, 6) is 1.99. The van der Waals surface area contributed by atoms with Crippen LogP contribution in [0.5, 0.6) is 0 Å². The van der Waals surface area contributed by atoms with Gasteiger partial charge in [-0.05, 0) is 37.1 Å². The van der Waals surface area contributed by atoms with Crippen molar-refractivity contribution in [2.75, 3.05) is 63.3 Å². The van der Waals surface area contributed by atoms with Crippen LogP contribution in [0.2, 0.25) is 0 Å². The summed E-state index contributed by atoms with van der Waals surface area (Å²) in [7, 11) is 3.43. The molecule has 2 aromatic rings. The van der Waals surface area contributed by atoms with Crippen LogP contribution in [0.3, 0.4) is 0 Å². The lowest BCUT2D eigenvalue weighted by Crippen LogP contribution is -2.48. The molecular formula is C27H35N5O3. The average molecular weight is 478 g/mol. The molecule has 4 heterocycles. The van der Waals surface area contributed by atoms with Crippen molar-refractivity contribution >= 4 is 23.5 Å². The van der Waals surface area contributed by atoms with E-state index < -0.39 is 0 Å². The number of aromatic nitrogens is 2. The van der Waals surface area contributed by atoms with Crippen LogP contribution in [-0.2, 0) is 14.3 Å². The highest BCUT2D eigenvalue weighted by Gasteiger charge is 2.34. The summed E-state index contributed by atoms with van der Waals surface area (Å²) in [5.41, 5.74) is 5.33. The fourth-order valence-electron chi connectivity index (χ4n) is 5.51. The lowest BCUT2D eigenvalue weighted by atomic mass is 9.87. The van der Waals surface area contributed by atoms with Gasteiger partial charge in [-0.3, -0.25) is 9.78 Å². The van der Waals surface area contributed by atoms with Crippen molar-refractivity contribution in [3.05, 3.63) is 41.4 Å². The number of fused-ring (bicyclic) bond motifs is 1. The third kappa shape index (κ3) is 4.47. The molecule has 0 saturated carbocycles. The molecular weight excluding hydrogens is 442 g/mol. The SMILES string of the molecule is COC1=Cc2c(N3CCCC3)cc(-c3ccc(N4CCN(C(C)=O)CC4)nc3)nc2C(C)C1OC. The van der Waals surface area contributed by atoms with Crippen LogP contribution < -0.4 is 9.80 Å². The summed E-state index contributed by atoms with van der Waals surface area (Å²) in [6.45, 7) is 8.96. The second kappa shape index (κ2) is 9.85. The third-order valence-electron chi connectivity index (χ3n) is 7.55. The molecule has 2 fully saturated rings. The van der Waals surface area contributed by atoms with Gasteiger partial charge in [0.05, 0.1) is 18.5 Å². The fraction of sp³-hybridized carbons (Fsp3) is 0.519. The number of piperazine rings is 1. The summed E-state index contributed by atoms with van der Waals surface area (Å²) >= 11 is 0. The topological polar surface area (TPSA) is 71.0 Å². The van der Waals surface area contributed by atoms with Gasteiger partial charge in [-0.15, -0.1) is 0 Å². The van der Waals surface area contributed by atoms with Gasteiger partial charge in [0.2, 0.25) is 5.91 Å². The molecule has 3 aliphatic rings. The quantitative estimate of drug-likeness (QED) is 0.652. The Hall–Kier alpha value is -3.13. The Bertz CT molecular complexity index is 1100. The van der Waals surface area contributed by atoms with Crippen LogP contribution in [0.25, 0.3) is 17.3 Å². The van der Waals surface area contributed by atoms with Gasteiger partial charge < -0.3 is 24.2 Å². The molecule has 186 valence electrons. The van der Waals surface area contributed by atoms with Crippen LogP contribution in [-0.4, -0.2) is 80.4 Å². The van der Waals surface area contributed by atoms with Crippen molar-refractivity contribution in [1.82, 2.24) is 14.9 Å². The second-order valence-corrected chi connectivity index (χ2v) is 9.61. The molecule has 8 heteroatoms. The van der Waals surface area contributed by atoms with Gasteiger partial charge in [-0.1, -0.05) is 6.92 Å². The summed E-state index contributed by atoms with van der Waals surface area (Å²) in [4.78, 5) is 28.1. The molecule has 0 aromatic carbocycles. The normalized spacial score (nSPS) is 22.2. The number of carbonyl (C=O) groups excluding carboxylic acids is 1. The first-order chi connectivity index (χ1) is 17.0. The largest absolute Gasteiger partial charge is 0.498 e. The molecule has 0 radical (unpaired) electrons. The molecule has 35 heavy (non-hydrogen) atoms. The van der Waals surface area contributed by atoms with Crippen LogP contribution in [0.1, 0.15) is 43.9 Å². The Morgan fingerprint density at radius 2 is 1.77 bits per heavy atom. The second-order valence-electron chi connectivity index (χ2n) is 9.61. The molecule has 5 rings (SSSR count). The molecule has 1 amide bonds. The molecule has 2 saturated heterocycles. The van der Waals surface area contributed by atoms with E-state index in [1.165, 1.54) is 18.5 Å². The molecule has 2 aromatic heterocycles. The Kier molecular flexibility index (Phi) is 6.65. The zero-order chi connectivity index (χ0) is 24.5. The van der Waals surface area contributed by atoms with Gasteiger partial charge >= 0.3 is 0 Å². The maximum Gasteiger partial charge on any atom is 0.219 e. The molecule has 2 aliphatic heterocycles. The van der Waals surface area contributed by atoms with Crippen LogP contribution in [0.15, 0.2) is 30.2 Å². The Morgan fingerprint density at radius 1 is 1.03 bits per heavy atom. The Labute approximate surface area is 207 Å². The fourth-order valence-corrected chi connectivity index (χ4v) is 5.51. The van der Waals surface area contributed by atoms with Gasteiger partial charge in [0.15, 0.2) is 0 Å². The molecule has 1 aliphatic carbocycles. The number of rotatable bonds is 5. The van der Waals surface area contributed by atoms with E-state index in [1.54, 1.807) is 21.1 Å². The van der Waals surface area contributed by atoms with Crippen molar-refractivity contribution in [3.8, 4) is 11.3 Å². The first-order valence-corrected chi connectivity index (χ1v) is 12.5. The van der Waals surface area contributed by atoms with E-state index in [-0.39, 0.29) is 17.9 Å². The van der Waals surface area contributed by atoms with E-state index in [4.69, 9.17) is 19.4 Å². The zero-order valence-corrected chi connectivity index (χ0v) is 21.2. The van der Waals surface area contributed by atoms with Crippen LogP contribution >= 0.6 is 0 Å². The third-order valence-corrected chi connectivity index (χ3v) is 7.55. The number of methoxy groups -OCH3 is 2. The summed E-state index contributed by atoms with van der Waals surface area (Å²) in [6.07, 6.45) is 6.28. The van der Waals surface area contributed by atoms with Crippen molar-refractivity contribution in [2.45, 2.75) is 38.7 Å². The highest BCUT2D eigenvalue weighted by atomic mass is 16.5. The smallest absolute Gasteiger partial charge is 0.219 e. The Morgan fingerprint density at radius 3 is 2.37 bits per heavy atom. The van der Waals surface area contributed by atoms with Crippen molar-refractivity contribution in [3.63, 3.8) is 0 Å². The highest BCUT2D eigenvalue weighted by molar-refractivity contribution is 5.78. The molecule has 0 bridgehead atoms. The van der Waals surface area contributed by atoms with E-state index >= 15 is 0 Å². The summed E-state index contributed by atoms with van der Waals surface area (Å²) < 4.78 is 11.5. The molecule has 0 N–H and O–H groups in total. The predicted octanol–water partition coefficient (Wildman–Crippen LogP) is 3.53. The average Bonchev–Trinajstić information content (AvgIpc) is 3.43. The van der Waals surface area contributed by atoms with Crippen LogP contribution in [0.4, 0.5) is 11.5 Å². The minimum absolute atomic E-state index is 0.0704. The number of hydrogen-bond acceptors (Lipinski definition) is 7. The van der Waals surface area contributed by atoms with Crippen molar-refractivity contribution in [1.29, 1.82) is 0 Å². The van der Waals surface area contributed by atoms with Crippen LogP contribution in [0, 0.1) is 0 Å². The van der Waals surface area contributed by atoms with Gasteiger partial charge in [0, 0.05) is 82.2 Å². The highest BCUT2D eigenvalue weighted by Crippen LogP contribution is 2.41. The summed E-state index contributed by atoms with van der Waals surface area (Å²) in [5, 5.41) is 0. The standard InChI is InChI=1S/C27H35N5O3/c1-18-26-21(15-24(34-3)27(18)35-4)23(31-9-5-6-10-31)16-22(29-26)20-7-8-25(28-17-20)32-13-11-30(12-14-32)19(2)33/h7-8,15-18,27H,5-6,9-14H2,1-4H3. The molecule has 8 nitrogen and oxygen atoms in total. The number of carbonyl (C=O) groups is 1. The van der Waals surface area contributed by atoms with Gasteiger partial charge in [0.25, 0.3) is 0 Å². The summed E-state index contributed by atoms with van der Waals surface area (Å²) in [6, 6.07) is 6.38. The maximum atomic E-state index is 11.6. The van der Waals surface area contributed by atoms with E-state index in [0.29, 0.717) is 0 Å². The lowest BCUT2D eigenvalue weighted by Gasteiger charge is -2.35. The molecule has 0 spiro atoms.